The van der Waals surface area contributed by atoms with Crippen molar-refractivity contribution in [3.63, 3.8) is 0 Å². The molecule has 0 radical (unpaired) electrons. The highest BCUT2D eigenvalue weighted by atomic mass is 32.1. The second-order valence-corrected chi connectivity index (χ2v) is 5.93. The molecular formula is C16H21NS. The van der Waals surface area contributed by atoms with Gasteiger partial charge in [0.15, 0.2) is 0 Å². The van der Waals surface area contributed by atoms with Crippen LogP contribution in [-0.2, 0) is 0 Å². The first-order valence-electron chi connectivity index (χ1n) is 6.42. The Morgan fingerprint density at radius 2 is 2.00 bits per heavy atom. The monoisotopic (exact) mass is 259 g/mol. The standard InChI is InChI=1S/C16H21NS/c1-11-5-6-15(12(2)7-11)16-8-14(10-18-16)13(3)9-17-4/h5-8,10,13,17H,9H2,1-4H3. The van der Waals surface area contributed by atoms with Crippen LogP contribution in [0.15, 0.2) is 29.6 Å². The van der Waals surface area contributed by atoms with Crippen LogP contribution in [0, 0.1) is 13.8 Å². The minimum absolute atomic E-state index is 0.575. The average Bonchev–Trinajstić information content (AvgIpc) is 2.78. The lowest BCUT2D eigenvalue weighted by molar-refractivity contribution is 0.680. The third-order valence-electron chi connectivity index (χ3n) is 3.35. The van der Waals surface area contributed by atoms with Gasteiger partial charge in [0.25, 0.3) is 0 Å². The molecule has 1 heterocycles. The molecular weight excluding hydrogens is 238 g/mol. The summed E-state index contributed by atoms with van der Waals surface area (Å²) < 4.78 is 0. The zero-order valence-electron chi connectivity index (χ0n) is 11.6. The maximum absolute atomic E-state index is 3.24. The molecule has 1 atom stereocenters. The molecule has 96 valence electrons. The van der Waals surface area contributed by atoms with E-state index in [1.54, 1.807) is 0 Å². The van der Waals surface area contributed by atoms with Gasteiger partial charge in [-0.05, 0) is 54.9 Å². The zero-order chi connectivity index (χ0) is 13.1. The van der Waals surface area contributed by atoms with Crippen LogP contribution in [0.5, 0.6) is 0 Å². The van der Waals surface area contributed by atoms with Crippen molar-refractivity contribution in [2.24, 2.45) is 0 Å². The fourth-order valence-electron chi connectivity index (χ4n) is 2.26. The summed E-state index contributed by atoms with van der Waals surface area (Å²) in [6, 6.07) is 9.03. The molecule has 2 aromatic rings. The zero-order valence-corrected chi connectivity index (χ0v) is 12.4. The Morgan fingerprint density at radius 1 is 1.22 bits per heavy atom. The van der Waals surface area contributed by atoms with E-state index in [1.807, 2.05) is 18.4 Å². The second-order valence-electron chi connectivity index (χ2n) is 5.02. The second kappa shape index (κ2) is 5.68. The summed E-state index contributed by atoms with van der Waals surface area (Å²) in [6.07, 6.45) is 0. The summed E-state index contributed by atoms with van der Waals surface area (Å²) in [5.41, 5.74) is 5.50. The Morgan fingerprint density at radius 3 is 2.67 bits per heavy atom. The molecule has 0 fully saturated rings. The molecule has 0 saturated carbocycles. The van der Waals surface area contributed by atoms with E-state index in [2.05, 4.69) is 55.7 Å². The average molecular weight is 259 g/mol. The third-order valence-corrected chi connectivity index (χ3v) is 4.33. The van der Waals surface area contributed by atoms with Crippen LogP contribution in [-0.4, -0.2) is 13.6 Å². The number of benzene rings is 1. The lowest BCUT2D eigenvalue weighted by Crippen LogP contribution is -2.14. The Hall–Kier alpha value is -1.12. The van der Waals surface area contributed by atoms with Gasteiger partial charge < -0.3 is 5.32 Å². The van der Waals surface area contributed by atoms with E-state index in [0.29, 0.717) is 5.92 Å². The molecule has 1 aromatic carbocycles. The number of rotatable bonds is 4. The van der Waals surface area contributed by atoms with Crippen molar-refractivity contribution >= 4 is 11.3 Å². The fraction of sp³-hybridized carbons (Fsp3) is 0.375. The van der Waals surface area contributed by atoms with Crippen LogP contribution in [0.1, 0.15) is 29.5 Å². The van der Waals surface area contributed by atoms with Crippen LogP contribution in [0.3, 0.4) is 0 Å². The molecule has 1 nitrogen and oxygen atoms in total. The molecule has 0 bridgehead atoms. The minimum atomic E-state index is 0.575. The lowest BCUT2D eigenvalue weighted by Gasteiger charge is -2.08. The van der Waals surface area contributed by atoms with Crippen molar-refractivity contribution in [1.82, 2.24) is 5.32 Å². The summed E-state index contributed by atoms with van der Waals surface area (Å²) in [6.45, 7) is 7.64. The molecule has 2 rings (SSSR count). The highest BCUT2D eigenvalue weighted by molar-refractivity contribution is 7.13. The summed E-state index contributed by atoms with van der Waals surface area (Å²) >= 11 is 1.85. The predicted octanol–water partition coefficient (Wildman–Crippen LogP) is 4.35. The molecule has 1 unspecified atom stereocenters. The van der Waals surface area contributed by atoms with Gasteiger partial charge in [0.2, 0.25) is 0 Å². The largest absolute Gasteiger partial charge is 0.319 e. The van der Waals surface area contributed by atoms with Gasteiger partial charge in [-0.15, -0.1) is 11.3 Å². The van der Waals surface area contributed by atoms with Crippen LogP contribution in [0.25, 0.3) is 10.4 Å². The molecule has 0 aliphatic carbocycles. The van der Waals surface area contributed by atoms with Crippen LogP contribution in [0.2, 0.25) is 0 Å². The Balaban J connectivity index is 2.29. The van der Waals surface area contributed by atoms with Crippen LogP contribution < -0.4 is 5.32 Å². The van der Waals surface area contributed by atoms with E-state index in [4.69, 9.17) is 0 Å². The first-order chi connectivity index (χ1) is 8.61. The van der Waals surface area contributed by atoms with Gasteiger partial charge in [-0.25, -0.2) is 0 Å². The van der Waals surface area contributed by atoms with Gasteiger partial charge in [-0.2, -0.15) is 0 Å². The van der Waals surface area contributed by atoms with Gasteiger partial charge in [0.05, 0.1) is 0 Å². The molecule has 0 amide bonds. The lowest BCUT2D eigenvalue weighted by atomic mass is 10.0. The predicted molar refractivity (Wildman–Crippen MR) is 81.6 cm³/mol. The number of hydrogen-bond donors (Lipinski definition) is 1. The van der Waals surface area contributed by atoms with Crippen molar-refractivity contribution in [2.45, 2.75) is 26.7 Å². The fourth-order valence-corrected chi connectivity index (χ4v) is 3.39. The molecule has 0 spiro atoms. The van der Waals surface area contributed by atoms with E-state index < -0.39 is 0 Å². The third kappa shape index (κ3) is 2.82. The molecule has 1 N–H and O–H groups in total. The normalized spacial score (nSPS) is 12.7. The van der Waals surface area contributed by atoms with Crippen molar-refractivity contribution in [3.05, 3.63) is 46.3 Å². The maximum atomic E-state index is 3.24. The van der Waals surface area contributed by atoms with Gasteiger partial charge in [0, 0.05) is 11.4 Å². The smallest absolute Gasteiger partial charge is 0.0348 e. The molecule has 2 heteroatoms. The van der Waals surface area contributed by atoms with Crippen molar-refractivity contribution in [3.8, 4) is 10.4 Å². The summed E-state index contributed by atoms with van der Waals surface area (Å²) in [5.74, 6) is 0.575. The van der Waals surface area contributed by atoms with E-state index in [9.17, 15) is 0 Å². The molecule has 0 saturated heterocycles. The van der Waals surface area contributed by atoms with Gasteiger partial charge >= 0.3 is 0 Å². The van der Waals surface area contributed by atoms with Gasteiger partial charge in [0.1, 0.15) is 0 Å². The number of nitrogens with one attached hydrogen (secondary N) is 1. The first-order valence-corrected chi connectivity index (χ1v) is 7.30. The number of thiophene rings is 1. The van der Waals surface area contributed by atoms with E-state index in [0.717, 1.165) is 6.54 Å². The number of aryl methyl sites for hydroxylation is 2. The molecule has 0 aliphatic heterocycles. The van der Waals surface area contributed by atoms with Gasteiger partial charge in [-0.1, -0.05) is 30.7 Å². The summed E-state index contributed by atoms with van der Waals surface area (Å²) in [5, 5.41) is 5.53. The molecule has 18 heavy (non-hydrogen) atoms. The Kier molecular flexibility index (Phi) is 4.20. The van der Waals surface area contributed by atoms with E-state index in [-0.39, 0.29) is 0 Å². The Labute approximate surface area is 114 Å². The molecule has 0 aliphatic rings. The van der Waals surface area contributed by atoms with E-state index in [1.165, 1.54) is 27.1 Å². The van der Waals surface area contributed by atoms with E-state index >= 15 is 0 Å². The maximum Gasteiger partial charge on any atom is 0.0348 e. The minimum Gasteiger partial charge on any atom is -0.319 e. The number of hydrogen-bond acceptors (Lipinski definition) is 2. The number of likely N-dealkylation sites (N-methyl/N-ethyl adjacent to an activating group) is 1. The highest BCUT2D eigenvalue weighted by Gasteiger charge is 2.10. The summed E-state index contributed by atoms with van der Waals surface area (Å²) in [7, 11) is 2.01. The molecule has 1 aromatic heterocycles. The van der Waals surface area contributed by atoms with Crippen molar-refractivity contribution in [2.75, 3.05) is 13.6 Å². The first kappa shape index (κ1) is 13.3. The topological polar surface area (TPSA) is 12.0 Å². The summed E-state index contributed by atoms with van der Waals surface area (Å²) in [4.78, 5) is 1.38. The van der Waals surface area contributed by atoms with Crippen LogP contribution in [0.4, 0.5) is 0 Å². The van der Waals surface area contributed by atoms with Gasteiger partial charge in [-0.3, -0.25) is 0 Å². The quantitative estimate of drug-likeness (QED) is 0.860. The highest BCUT2D eigenvalue weighted by Crippen LogP contribution is 2.32. The Bertz CT molecular complexity index is 528. The van der Waals surface area contributed by atoms with Crippen molar-refractivity contribution < 1.29 is 0 Å². The van der Waals surface area contributed by atoms with Crippen LogP contribution >= 0.6 is 11.3 Å². The van der Waals surface area contributed by atoms with Crippen molar-refractivity contribution in [1.29, 1.82) is 0 Å². The SMILES string of the molecule is CNCC(C)c1csc(-c2ccc(C)cc2C)c1.